The van der Waals surface area contributed by atoms with Gasteiger partial charge in [0, 0.05) is 11.4 Å². The third-order valence-electron chi connectivity index (χ3n) is 2.43. The molecule has 1 fully saturated rings. The van der Waals surface area contributed by atoms with E-state index >= 15 is 0 Å². The molecule has 1 heterocycles. The topological polar surface area (TPSA) is 81.2 Å². The van der Waals surface area contributed by atoms with Crippen LogP contribution in [0.5, 0.6) is 0 Å². The number of carbonyl (C=O) groups is 2. The molecular weight excluding hydrogens is 254 g/mol. The van der Waals surface area contributed by atoms with E-state index in [1.165, 1.54) is 32.2 Å². The third-order valence-corrected chi connectivity index (χ3v) is 3.53. The highest BCUT2D eigenvalue weighted by Gasteiger charge is 2.24. The smallest absolute Gasteiger partial charge is 0.322 e. The van der Waals surface area contributed by atoms with E-state index in [0.29, 0.717) is 23.2 Å². The zero-order valence-corrected chi connectivity index (χ0v) is 10.6. The van der Waals surface area contributed by atoms with Gasteiger partial charge in [-0.3, -0.25) is 9.52 Å². The number of aromatic nitrogens is 2. The highest BCUT2D eigenvalue weighted by Crippen LogP contribution is 2.33. The highest BCUT2D eigenvalue weighted by molar-refractivity contribution is 8.01. The molecule has 7 heteroatoms. The lowest BCUT2D eigenvalue weighted by atomic mass is 10.1. The van der Waals surface area contributed by atoms with E-state index in [-0.39, 0.29) is 0 Å². The number of methoxy groups -OCH3 is 1. The van der Waals surface area contributed by atoms with Crippen molar-refractivity contribution < 1.29 is 14.3 Å². The Bertz CT molecular complexity index is 451. The van der Waals surface area contributed by atoms with Gasteiger partial charge in [0.1, 0.15) is 6.29 Å². The second-order valence-electron chi connectivity index (χ2n) is 3.86. The molecule has 6 nitrogen and oxygen atoms in total. The van der Waals surface area contributed by atoms with Crippen molar-refractivity contribution in [2.45, 2.75) is 24.0 Å². The van der Waals surface area contributed by atoms with E-state index in [4.69, 9.17) is 0 Å². The summed E-state index contributed by atoms with van der Waals surface area (Å²) in [6.07, 6.45) is 4.41. The Morgan fingerprint density at radius 2 is 2.44 bits per heavy atom. The van der Waals surface area contributed by atoms with Crippen LogP contribution in [0.4, 0.5) is 5.95 Å². The summed E-state index contributed by atoms with van der Waals surface area (Å²) in [5, 5.41) is 0.611. The Labute approximate surface area is 109 Å². The van der Waals surface area contributed by atoms with Gasteiger partial charge in [0.05, 0.1) is 12.8 Å². The number of hydrogen-bond donors (Lipinski definition) is 1. The number of esters is 1. The molecule has 0 amide bonds. The maximum Gasteiger partial charge on any atom is 0.322 e. The largest absolute Gasteiger partial charge is 0.468 e. The summed E-state index contributed by atoms with van der Waals surface area (Å²) < 4.78 is 7.56. The summed E-state index contributed by atoms with van der Waals surface area (Å²) in [6, 6.07) is 1.53. The fourth-order valence-corrected chi connectivity index (χ4v) is 2.03. The zero-order valence-electron chi connectivity index (χ0n) is 9.83. The number of anilines is 1. The van der Waals surface area contributed by atoms with Crippen LogP contribution in [0.25, 0.3) is 0 Å². The van der Waals surface area contributed by atoms with Gasteiger partial charge >= 0.3 is 5.97 Å². The van der Waals surface area contributed by atoms with Crippen molar-refractivity contribution >= 4 is 30.2 Å². The Hall–Kier alpha value is -1.63. The van der Waals surface area contributed by atoms with Crippen LogP contribution < -0.4 is 4.72 Å². The number of carbonyl (C=O) groups excluding carboxylic acids is 2. The molecule has 0 aliphatic heterocycles. The minimum absolute atomic E-state index is 0.339. The van der Waals surface area contributed by atoms with E-state index in [0.717, 1.165) is 0 Å². The van der Waals surface area contributed by atoms with Crippen molar-refractivity contribution in [2.75, 3.05) is 11.8 Å². The summed E-state index contributed by atoms with van der Waals surface area (Å²) in [5.74, 6) is -1.21. The van der Waals surface area contributed by atoms with Gasteiger partial charge in [-0.05, 0) is 30.9 Å². The number of nitrogens with zero attached hydrogens (tertiary/aromatic N) is 2. The molecule has 2 rings (SSSR count). The normalized spacial score (nSPS) is 15.8. The minimum Gasteiger partial charge on any atom is -0.468 e. The van der Waals surface area contributed by atoms with Crippen LogP contribution in [0.1, 0.15) is 24.5 Å². The predicted molar refractivity (Wildman–Crippen MR) is 67.1 cm³/mol. The second kappa shape index (κ2) is 5.81. The molecule has 1 atom stereocenters. The summed E-state index contributed by atoms with van der Waals surface area (Å²) in [7, 11) is 1.24. The zero-order chi connectivity index (χ0) is 13.0. The quantitative estimate of drug-likeness (QED) is 0.358. The van der Waals surface area contributed by atoms with Gasteiger partial charge in [-0.2, -0.15) is 0 Å². The van der Waals surface area contributed by atoms with Gasteiger partial charge < -0.3 is 9.53 Å². The maximum absolute atomic E-state index is 11.4. The molecule has 0 spiro atoms. The summed E-state index contributed by atoms with van der Waals surface area (Å²) in [4.78, 5) is 30.5. The van der Waals surface area contributed by atoms with E-state index in [2.05, 4.69) is 19.4 Å². The van der Waals surface area contributed by atoms with Crippen molar-refractivity contribution in [1.29, 1.82) is 0 Å². The monoisotopic (exact) mass is 267 g/mol. The molecule has 0 saturated heterocycles. The van der Waals surface area contributed by atoms with Gasteiger partial charge in [-0.15, -0.1) is 0 Å². The molecule has 0 bridgehead atoms. The van der Waals surface area contributed by atoms with Crippen molar-refractivity contribution in [2.24, 2.45) is 0 Å². The number of aldehydes is 1. The lowest BCUT2D eigenvalue weighted by Crippen LogP contribution is -2.17. The van der Waals surface area contributed by atoms with E-state index in [1.807, 2.05) is 0 Å². The van der Waals surface area contributed by atoms with Crippen LogP contribution in [0.3, 0.4) is 0 Å². The summed E-state index contributed by atoms with van der Waals surface area (Å²) >= 11 is 1.56. The highest BCUT2D eigenvalue weighted by atomic mass is 32.2. The molecule has 0 aromatic carbocycles. The molecular formula is C11H13N3O3S. The van der Waals surface area contributed by atoms with E-state index in [9.17, 15) is 9.59 Å². The van der Waals surface area contributed by atoms with Gasteiger partial charge in [-0.25, -0.2) is 9.97 Å². The van der Waals surface area contributed by atoms with Crippen LogP contribution in [0.15, 0.2) is 12.3 Å². The minimum atomic E-state index is -0.996. The Morgan fingerprint density at radius 1 is 1.67 bits per heavy atom. The Kier molecular flexibility index (Phi) is 4.14. The number of nitrogens with one attached hydrogen (secondary N) is 1. The average Bonchev–Trinajstić information content (AvgIpc) is 3.21. The van der Waals surface area contributed by atoms with Crippen LogP contribution >= 0.6 is 11.9 Å². The lowest BCUT2D eigenvalue weighted by Gasteiger charge is -2.09. The average molecular weight is 267 g/mol. The first-order valence-corrected chi connectivity index (χ1v) is 6.40. The second-order valence-corrected chi connectivity index (χ2v) is 4.97. The first-order chi connectivity index (χ1) is 8.74. The molecule has 96 valence electrons. The van der Waals surface area contributed by atoms with Gasteiger partial charge in [0.2, 0.25) is 5.95 Å². The van der Waals surface area contributed by atoms with Gasteiger partial charge in [-0.1, -0.05) is 0 Å². The number of hydrogen-bond acceptors (Lipinski definition) is 7. The van der Waals surface area contributed by atoms with Crippen molar-refractivity contribution in [3.63, 3.8) is 0 Å². The molecule has 1 aromatic heterocycles. The van der Waals surface area contributed by atoms with Gasteiger partial charge in [0.25, 0.3) is 0 Å². The molecule has 1 saturated carbocycles. The standard InChI is InChI=1S/C11H13N3O3S/c1-17-10(16)8(6-15)9-4-5-12-11(13-9)14-18-7-2-3-7/h4-8H,2-3H2,1H3,(H,12,13,14). The Morgan fingerprint density at radius 3 is 3.06 bits per heavy atom. The van der Waals surface area contributed by atoms with Crippen LogP contribution in [0.2, 0.25) is 0 Å². The summed E-state index contributed by atoms with van der Waals surface area (Å²) in [5.41, 5.74) is 0.339. The van der Waals surface area contributed by atoms with Crippen molar-refractivity contribution in [3.05, 3.63) is 18.0 Å². The van der Waals surface area contributed by atoms with Crippen LogP contribution in [-0.2, 0) is 14.3 Å². The molecule has 0 radical (unpaired) electrons. The van der Waals surface area contributed by atoms with Crippen molar-refractivity contribution in [1.82, 2.24) is 9.97 Å². The number of ether oxygens (including phenoxy) is 1. The van der Waals surface area contributed by atoms with Crippen LogP contribution in [-0.4, -0.2) is 34.6 Å². The first-order valence-electron chi connectivity index (χ1n) is 5.52. The molecule has 1 aromatic rings. The fraction of sp³-hybridized carbons (Fsp3) is 0.455. The molecule has 1 N–H and O–H groups in total. The molecule has 1 aliphatic carbocycles. The first kappa shape index (κ1) is 12.8. The predicted octanol–water partition coefficient (Wildman–Crippen LogP) is 1.15. The molecule has 1 unspecified atom stereocenters. The van der Waals surface area contributed by atoms with Crippen molar-refractivity contribution in [3.8, 4) is 0 Å². The third kappa shape index (κ3) is 3.19. The molecule has 1 aliphatic rings. The summed E-state index contributed by atoms with van der Waals surface area (Å²) in [6.45, 7) is 0. The SMILES string of the molecule is COC(=O)C(C=O)c1ccnc(NSC2CC2)n1. The fourth-order valence-electron chi connectivity index (χ4n) is 1.29. The maximum atomic E-state index is 11.4. The van der Waals surface area contributed by atoms with E-state index < -0.39 is 11.9 Å². The Balaban J connectivity index is 2.08. The van der Waals surface area contributed by atoms with E-state index in [1.54, 1.807) is 11.9 Å². The number of rotatable bonds is 6. The van der Waals surface area contributed by atoms with Crippen LogP contribution in [0, 0.1) is 0 Å². The van der Waals surface area contributed by atoms with Gasteiger partial charge in [0.15, 0.2) is 5.92 Å². The molecule has 18 heavy (non-hydrogen) atoms. The lowest BCUT2D eigenvalue weighted by molar-refractivity contribution is -0.143.